The zero-order valence-electron chi connectivity index (χ0n) is 19.2. The quantitative estimate of drug-likeness (QED) is 0.354. The van der Waals surface area contributed by atoms with E-state index in [0.29, 0.717) is 15.9 Å². The van der Waals surface area contributed by atoms with Gasteiger partial charge < -0.3 is 5.32 Å². The molecule has 0 aromatic carbocycles. The van der Waals surface area contributed by atoms with Crippen molar-refractivity contribution in [3.63, 3.8) is 0 Å². The number of amides is 1. The molecule has 1 amide bonds. The number of hydrogen-bond donors (Lipinski definition) is 3. The molecule has 2 aromatic rings. The van der Waals surface area contributed by atoms with Crippen LogP contribution in [0.15, 0.2) is 11.1 Å². The second kappa shape index (κ2) is 8.17. The number of aryl methyl sites for hydroxylation is 2. The maximum Gasteiger partial charge on any atom is 0.272 e. The number of thioether (sulfide) groups is 1. The topological polar surface area (TPSA) is 83.9 Å². The van der Waals surface area contributed by atoms with Crippen molar-refractivity contribution in [2.75, 3.05) is 0 Å². The fourth-order valence-corrected chi connectivity index (χ4v) is 7.98. The molecule has 4 aliphatic rings. The van der Waals surface area contributed by atoms with E-state index >= 15 is 0 Å². The molecule has 0 aliphatic heterocycles. The van der Waals surface area contributed by atoms with Crippen molar-refractivity contribution in [3.05, 3.63) is 17.5 Å². The molecule has 4 bridgehead atoms. The van der Waals surface area contributed by atoms with Gasteiger partial charge in [0.05, 0.1) is 16.6 Å². The summed E-state index contributed by atoms with van der Waals surface area (Å²) in [4.78, 5) is 18.6. The lowest BCUT2D eigenvalue weighted by molar-refractivity contribution is -0.0102. The molecule has 9 heteroatoms. The molecule has 4 fully saturated rings. The molecule has 0 spiro atoms. The average Bonchev–Trinajstić information content (AvgIpc) is 2.98. The Balaban J connectivity index is 1.30. The lowest BCUT2D eigenvalue weighted by Crippen LogP contribution is -2.62. The van der Waals surface area contributed by atoms with E-state index in [9.17, 15) is 4.79 Å². The number of thiocarbonyl (C=S) groups is 1. The van der Waals surface area contributed by atoms with Gasteiger partial charge >= 0.3 is 0 Å². The van der Waals surface area contributed by atoms with Crippen molar-refractivity contribution in [2.45, 2.75) is 75.0 Å². The molecular weight excluding hydrogens is 440 g/mol. The van der Waals surface area contributed by atoms with Gasteiger partial charge in [-0.25, -0.2) is 4.98 Å². The van der Waals surface area contributed by atoms with Gasteiger partial charge in [-0.2, -0.15) is 5.10 Å². The molecule has 2 aromatic heterocycles. The van der Waals surface area contributed by atoms with E-state index < -0.39 is 0 Å². The molecule has 3 N–H and O–H groups in total. The van der Waals surface area contributed by atoms with Crippen LogP contribution in [-0.4, -0.2) is 36.6 Å². The molecule has 0 radical (unpaired) electrons. The Morgan fingerprint density at radius 3 is 2.41 bits per heavy atom. The Bertz CT molecular complexity index is 1040. The van der Waals surface area contributed by atoms with Gasteiger partial charge in [0.2, 0.25) is 0 Å². The summed E-state index contributed by atoms with van der Waals surface area (Å²) < 4.78 is 1.76. The van der Waals surface area contributed by atoms with E-state index in [-0.39, 0.29) is 11.4 Å². The van der Waals surface area contributed by atoms with E-state index in [4.69, 9.17) is 12.2 Å². The van der Waals surface area contributed by atoms with Gasteiger partial charge in [0.15, 0.2) is 10.8 Å². The van der Waals surface area contributed by atoms with Crippen LogP contribution >= 0.6 is 24.0 Å². The summed E-state index contributed by atoms with van der Waals surface area (Å²) in [5.74, 6) is 2.27. The minimum Gasteiger partial charge on any atom is -0.356 e. The maximum absolute atomic E-state index is 13.1. The fraction of sp³-hybridized carbons (Fsp3) is 0.652. The molecule has 32 heavy (non-hydrogen) atoms. The van der Waals surface area contributed by atoms with Crippen molar-refractivity contribution >= 4 is 46.0 Å². The predicted octanol–water partition coefficient (Wildman–Crippen LogP) is 3.85. The van der Waals surface area contributed by atoms with Crippen LogP contribution in [0.4, 0.5) is 0 Å². The SMILES string of the molecule is Cc1nn(C)c2ncc(C(=O)NNC(=S)NC34CC5CC(CC(C5)C3)C4)c(SC(C)C)c12. The highest BCUT2D eigenvalue weighted by Gasteiger charge is 2.51. The van der Waals surface area contributed by atoms with Crippen molar-refractivity contribution in [1.29, 1.82) is 0 Å². The first-order valence-electron chi connectivity index (χ1n) is 11.6. The van der Waals surface area contributed by atoms with Crippen molar-refractivity contribution in [1.82, 2.24) is 30.9 Å². The molecule has 7 nitrogen and oxygen atoms in total. The first kappa shape index (κ1) is 21.9. The number of nitrogens with one attached hydrogen (secondary N) is 3. The number of aromatic nitrogens is 3. The Hall–Kier alpha value is -1.87. The molecule has 4 saturated carbocycles. The Morgan fingerprint density at radius 1 is 1.19 bits per heavy atom. The molecule has 0 unspecified atom stereocenters. The van der Waals surface area contributed by atoms with Crippen molar-refractivity contribution < 1.29 is 4.79 Å². The third kappa shape index (κ3) is 3.98. The normalized spacial score (nSPS) is 28.3. The number of pyridine rings is 1. The van der Waals surface area contributed by atoms with E-state index in [1.807, 2.05) is 14.0 Å². The van der Waals surface area contributed by atoms with Crippen LogP contribution in [0.25, 0.3) is 11.0 Å². The summed E-state index contributed by atoms with van der Waals surface area (Å²) in [6, 6.07) is 0. The second-order valence-electron chi connectivity index (χ2n) is 10.3. The number of hydrazine groups is 1. The van der Waals surface area contributed by atoms with Gasteiger partial charge in [-0.05, 0) is 75.4 Å². The Morgan fingerprint density at radius 2 is 1.81 bits per heavy atom. The standard InChI is InChI=1S/C23H32N6OS2/c1-12(2)32-19-17(11-24-20-18(19)13(3)28-29(20)4)21(30)26-27-22(31)25-23-8-14-5-15(9-23)7-16(6-14)10-23/h11-12,14-16H,5-10H2,1-4H3,(H,26,30)(H2,25,27,31). The minimum atomic E-state index is -0.236. The number of nitrogens with zero attached hydrogens (tertiary/aromatic N) is 3. The highest BCUT2D eigenvalue weighted by Crippen LogP contribution is 2.55. The molecule has 172 valence electrons. The zero-order valence-corrected chi connectivity index (χ0v) is 20.8. The number of rotatable bonds is 4. The van der Waals surface area contributed by atoms with Crippen LogP contribution in [-0.2, 0) is 7.05 Å². The second-order valence-corrected chi connectivity index (χ2v) is 12.3. The molecule has 2 heterocycles. The summed E-state index contributed by atoms with van der Waals surface area (Å²) in [6.45, 7) is 6.19. The van der Waals surface area contributed by atoms with Crippen LogP contribution in [0.3, 0.4) is 0 Å². The molecular formula is C23H32N6OS2. The lowest BCUT2D eigenvalue weighted by Gasteiger charge is -2.57. The predicted molar refractivity (Wildman–Crippen MR) is 131 cm³/mol. The molecule has 6 rings (SSSR count). The lowest BCUT2D eigenvalue weighted by atomic mass is 9.53. The largest absolute Gasteiger partial charge is 0.356 e. The van der Waals surface area contributed by atoms with Gasteiger partial charge in [0.1, 0.15) is 0 Å². The maximum atomic E-state index is 13.1. The summed E-state index contributed by atoms with van der Waals surface area (Å²) in [7, 11) is 1.88. The minimum absolute atomic E-state index is 0.107. The van der Waals surface area contributed by atoms with E-state index in [0.717, 1.165) is 39.4 Å². The van der Waals surface area contributed by atoms with Crippen LogP contribution < -0.4 is 16.2 Å². The van der Waals surface area contributed by atoms with Gasteiger partial charge in [-0.15, -0.1) is 11.8 Å². The molecule has 4 aliphatic carbocycles. The number of carbonyl (C=O) groups excluding carboxylic acids is 1. The Kier molecular flexibility index (Phi) is 5.60. The van der Waals surface area contributed by atoms with E-state index in [1.165, 1.54) is 38.5 Å². The smallest absolute Gasteiger partial charge is 0.272 e. The van der Waals surface area contributed by atoms with Crippen molar-refractivity contribution in [3.8, 4) is 0 Å². The van der Waals surface area contributed by atoms with Crippen LogP contribution in [0.5, 0.6) is 0 Å². The van der Waals surface area contributed by atoms with E-state index in [1.54, 1.807) is 22.6 Å². The average molecular weight is 473 g/mol. The number of carbonyl (C=O) groups is 1. The monoisotopic (exact) mass is 472 g/mol. The van der Waals surface area contributed by atoms with Gasteiger partial charge in [0, 0.05) is 28.9 Å². The van der Waals surface area contributed by atoms with Gasteiger partial charge in [-0.3, -0.25) is 20.3 Å². The highest BCUT2D eigenvalue weighted by atomic mass is 32.2. The molecule has 0 saturated heterocycles. The van der Waals surface area contributed by atoms with Gasteiger partial charge in [0.25, 0.3) is 5.91 Å². The summed E-state index contributed by atoms with van der Waals surface area (Å²) >= 11 is 7.25. The Labute approximate surface area is 198 Å². The number of fused-ring (bicyclic) bond motifs is 1. The highest BCUT2D eigenvalue weighted by molar-refractivity contribution is 8.00. The first-order chi connectivity index (χ1) is 15.2. The fourth-order valence-electron chi connectivity index (χ4n) is 6.62. The van der Waals surface area contributed by atoms with Crippen LogP contribution in [0.1, 0.15) is 68.4 Å². The summed E-state index contributed by atoms with van der Waals surface area (Å²) in [6.07, 6.45) is 9.40. The first-order valence-corrected chi connectivity index (χ1v) is 12.9. The van der Waals surface area contributed by atoms with Crippen LogP contribution in [0.2, 0.25) is 0 Å². The number of hydrogen-bond acceptors (Lipinski definition) is 5. The summed E-state index contributed by atoms with van der Waals surface area (Å²) in [5, 5.41) is 9.85. The summed E-state index contributed by atoms with van der Waals surface area (Å²) in [5.41, 5.74) is 8.09. The van der Waals surface area contributed by atoms with Crippen molar-refractivity contribution in [2.24, 2.45) is 24.8 Å². The third-order valence-corrected chi connectivity index (χ3v) is 8.62. The van der Waals surface area contributed by atoms with Gasteiger partial charge in [-0.1, -0.05) is 13.8 Å². The van der Waals surface area contributed by atoms with E-state index in [2.05, 4.69) is 40.1 Å². The zero-order chi connectivity index (χ0) is 22.6. The molecule has 0 atom stereocenters. The third-order valence-electron chi connectivity index (χ3n) is 7.28. The van der Waals surface area contributed by atoms with Crippen LogP contribution in [0, 0.1) is 24.7 Å².